The lowest BCUT2D eigenvalue weighted by Crippen LogP contribution is -2.48. The van der Waals surface area contributed by atoms with E-state index in [1.165, 1.54) is 4.31 Å². The molecule has 0 bridgehead atoms. The summed E-state index contributed by atoms with van der Waals surface area (Å²) in [5, 5.41) is 3.02. The lowest BCUT2D eigenvalue weighted by Gasteiger charge is -2.34. The van der Waals surface area contributed by atoms with Crippen molar-refractivity contribution in [2.75, 3.05) is 25.0 Å². The van der Waals surface area contributed by atoms with E-state index in [0.29, 0.717) is 38.9 Å². The third-order valence-electron chi connectivity index (χ3n) is 6.96. The minimum Gasteiger partial charge on any atom is -0.330 e. The molecule has 34 heavy (non-hydrogen) atoms. The molecule has 2 aromatic rings. The first-order chi connectivity index (χ1) is 16.3. The Morgan fingerprint density at radius 3 is 2.32 bits per heavy atom. The largest absolute Gasteiger partial charge is 0.330 e. The molecule has 0 unspecified atom stereocenters. The fourth-order valence-corrected chi connectivity index (χ4v) is 6.38. The summed E-state index contributed by atoms with van der Waals surface area (Å²) in [5.41, 5.74) is 2.86. The van der Waals surface area contributed by atoms with Gasteiger partial charge in [0.2, 0.25) is 21.8 Å². The topological polar surface area (TPSA) is 86.8 Å². The van der Waals surface area contributed by atoms with Crippen LogP contribution in [-0.2, 0) is 26.0 Å². The van der Waals surface area contributed by atoms with Crippen LogP contribution in [-0.4, -0.2) is 55.1 Å². The smallest absolute Gasteiger partial charge is 0.247 e. The van der Waals surface area contributed by atoms with Crippen molar-refractivity contribution in [2.45, 2.75) is 56.9 Å². The SMILES string of the molecule is CCc1ccccc1NC(=O)[C@@H]1CCCN1C(=O)C1CCN(S(=O)(=O)c2ccc(C)cc2)CC1. The number of amides is 2. The molecule has 1 N–H and O–H groups in total. The number of para-hydroxylation sites is 1. The monoisotopic (exact) mass is 483 g/mol. The molecule has 2 aliphatic heterocycles. The molecule has 1 atom stereocenters. The highest BCUT2D eigenvalue weighted by Gasteiger charge is 2.39. The van der Waals surface area contributed by atoms with E-state index in [1.54, 1.807) is 29.2 Å². The van der Waals surface area contributed by atoms with Gasteiger partial charge in [0.25, 0.3) is 0 Å². The molecule has 8 heteroatoms. The van der Waals surface area contributed by atoms with E-state index < -0.39 is 16.1 Å². The number of nitrogens with zero attached hydrogens (tertiary/aromatic N) is 2. The standard InChI is InChI=1S/C26H33N3O4S/c1-3-20-7-4-5-8-23(20)27-25(30)24-9-6-16-29(24)26(31)21-14-17-28(18-15-21)34(32,33)22-12-10-19(2)11-13-22/h4-5,7-8,10-13,21,24H,3,6,9,14-18H2,1-2H3,(H,27,30)/t24-/m0/s1. The Morgan fingerprint density at radius 1 is 0.971 bits per heavy atom. The fourth-order valence-electron chi connectivity index (χ4n) is 4.91. The summed E-state index contributed by atoms with van der Waals surface area (Å²) in [6, 6.07) is 14.1. The average Bonchev–Trinajstić information content (AvgIpc) is 3.34. The number of rotatable bonds is 6. The maximum atomic E-state index is 13.3. The molecule has 2 amide bonds. The number of carbonyl (C=O) groups is 2. The van der Waals surface area contributed by atoms with Crippen LogP contribution >= 0.6 is 0 Å². The van der Waals surface area contributed by atoms with Crippen LogP contribution in [0.15, 0.2) is 53.4 Å². The quantitative estimate of drug-likeness (QED) is 0.680. The van der Waals surface area contributed by atoms with E-state index in [1.807, 2.05) is 38.1 Å². The van der Waals surface area contributed by atoms with Gasteiger partial charge in [-0.05, 0) is 62.8 Å². The zero-order valence-electron chi connectivity index (χ0n) is 19.9. The van der Waals surface area contributed by atoms with Gasteiger partial charge in [0.1, 0.15) is 6.04 Å². The molecule has 2 fully saturated rings. The van der Waals surface area contributed by atoms with Crippen molar-refractivity contribution < 1.29 is 18.0 Å². The summed E-state index contributed by atoms with van der Waals surface area (Å²) >= 11 is 0. The zero-order chi connectivity index (χ0) is 24.3. The maximum absolute atomic E-state index is 13.3. The van der Waals surface area contributed by atoms with Crippen molar-refractivity contribution in [3.8, 4) is 0 Å². The lowest BCUT2D eigenvalue weighted by molar-refractivity contribution is -0.141. The van der Waals surface area contributed by atoms with E-state index in [2.05, 4.69) is 5.32 Å². The van der Waals surface area contributed by atoms with Crippen LogP contribution in [0.25, 0.3) is 0 Å². The molecule has 2 saturated heterocycles. The Kier molecular flexibility index (Phi) is 7.38. The van der Waals surface area contributed by atoms with Gasteiger partial charge in [-0.15, -0.1) is 0 Å². The first kappa shape index (κ1) is 24.4. The van der Waals surface area contributed by atoms with E-state index >= 15 is 0 Å². The Morgan fingerprint density at radius 2 is 1.65 bits per heavy atom. The molecular weight excluding hydrogens is 450 g/mol. The van der Waals surface area contributed by atoms with Crippen LogP contribution < -0.4 is 5.32 Å². The maximum Gasteiger partial charge on any atom is 0.247 e. The Hall–Kier alpha value is -2.71. The van der Waals surface area contributed by atoms with Crippen LogP contribution in [0.1, 0.15) is 43.7 Å². The van der Waals surface area contributed by atoms with Gasteiger partial charge in [-0.3, -0.25) is 9.59 Å². The van der Waals surface area contributed by atoms with Crippen molar-refractivity contribution >= 4 is 27.5 Å². The van der Waals surface area contributed by atoms with Gasteiger partial charge >= 0.3 is 0 Å². The van der Waals surface area contributed by atoms with Gasteiger partial charge in [0.15, 0.2) is 0 Å². The van der Waals surface area contributed by atoms with Gasteiger partial charge in [0, 0.05) is 31.2 Å². The molecule has 0 saturated carbocycles. The Bertz CT molecular complexity index is 1140. The molecule has 182 valence electrons. The first-order valence-electron chi connectivity index (χ1n) is 12.1. The van der Waals surface area contributed by atoms with E-state index in [0.717, 1.165) is 29.7 Å². The third kappa shape index (κ3) is 5.03. The number of likely N-dealkylation sites (tertiary alicyclic amines) is 1. The second kappa shape index (κ2) is 10.3. The van der Waals surface area contributed by atoms with Gasteiger partial charge in [-0.25, -0.2) is 8.42 Å². The highest BCUT2D eigenvalue weighted by atomic mass is 32.2. The second-order valence-corrected chi connectivity index (χ2v) is 11.1. The normalized spacial score (nSPS) is 19.8. The molecule has 0 aliphatic carbocycles. The van der Waals surface area contributed by atoms with E-state index in [9.17, 15) is 18.0 Å². The van der Waals surface area contributed by atoms with E-state index in [-0.39, 0.29) is 22.6 Å². The van der Waals surface area contributed by atoms with Crippen molar-refractivity contribution in [3.05, 3.63) is 59.7 Å². The summed E-state index contributed by atoms with van der Waals surface area (Å²) in [4.78, 5) is 28.4. The molecule has 0 aromatic heterocycles. The summed E-state index contributed by atoms with van der Waals surface area (Å²) < 4.78 is 27.4. The minimum absolute atomic E-state index is 0.0335. The molecular formula is C26H33N3O4S. The van der Waals surface area contributed by atoms with Gasteiger partial charge in [-0.2, -0.15) is 4.31 Å². The van der Waals surface area contributed by atoms with Gasteiger partial charge in [-0.1, -0.05) is 42.8 Å². The number of nitrogens with one attached hydrogen (secondary N) is 1. The minimum atomic E-state index is -3.57. The average molecular weight is 484 g/mol. The van der Waals surface area contributed by atoms with Crippen LogP contribution in [0.4, 0.5) is 5.69 Å². The molecule has 0 radical (unpaired) electrons. The summed E-state index contributed by atoms with van der Waals surface area (Å²) in [7, 11) is -3.57. The summed E-state index contributed by atoms with van der Waals surface area (Å²) in [5.74, 6) is -0.444. The van der Waals surface area contributed by atoms with Gasteiger partial charge < -0.3 is 10.2 Å². The van der Waals surface area contributed by atoms with Gasteiger partial charge in [0.05, 0.1) is 4.90 Å². The predicted octanol–water partition coefficient (Wildman–Crippen LogP) is 3.59. The number of sulfonamides is 1. The number of hydrogen-bond acceptors (Lipinski definition) is 4. The number of anilines is 1. The number of piperidine rings is 1. The molecule has 2 aromatic carbocycles. The Labute approximate surface area is 202 Å². The lowest BCUT2D eigenvalue weighted by atomic mass is 9.96. The molecule has 7 nitrogen and oxygen atoms in total. The fraction of sp³-hybridized carbons (Fsp3) is 0.462. The number of benzene rings is 2. The Balaban J connectivity index is 1.38. The number of carbonyl (C=O) groups excluding carboxylic acids is 2. The van der Waals surface area contributed by atoms with Crippen molar-refractivity contribution in [3.63, 3.8) is 0 Å². The number of hydrogen-bond donors (Lipinski definition) is 1. The van der Waals surface area contributed by atoms with Crippen LogP contribution in [0, 0.1) is 12.8 Å². The highest BCUT2D eigenvalue weighted by molar-refractivity contribution is 7.89. The number of aryl methyl sites for hydroxylation is 2. The van der Waals surface area contributed by atoms with Crippen molar-refractivity contribution in [1.82, 2.24) is 9.21 Å². The molecule has 2 heterocycles. The van der Waals surface area contributed by atoms with Crippen LogP contribution in [0.5, 0.6) is 0 Å². The predicted molar refractivity (Wildman–Crippen MR) is 132 cm³/mol. The first-order valence-corrected chi connectivity index (χ1v) is 13.5. The van der Waals surface area contributed by atoms with Crippen LogP contribution in [0.3, 0.4) is 0 Å². The molecule has 4 rings (SSSR count). The van der Waals surface area contributed by atoms with Crippen molar-refractivity contribution in [2.24, 2.45) is 5.92 Å². The molecule has 2 aliphatic rings. The van der Waals surface area contributed by atoms with E-state index in [4.69, 9.17) is 0 Å². The second-order valence-electron chi connectivity index (χ2n) is 9.18. The molecule has 0 spiro atoms. The zero-order valence-corrected chi connectivity index (χ0v) is 20.7. The third-order valence-corrected chi connectivity index (χ3v) is 8.87. The van der Waals surface area contributed by atoms with Crippen molar-refractivity contribution in [1.29, 1.82) is 0 Å². The summed E-state index contributed by atoms with van der Waals surface area (Å²) in [6.45, 7) is 5.14. The summed E-state index contributed by atoms with van der Waals surface area (Å²) in [6.07, 6.45) is 3.18. The van der Waals surface area contributed by atoms with Crippen LogP contribution in [0.2, 0.25) is 0 Å². The highest BCUT2D eigenvalue weighted by Crippen LogP contribution is 2.29.